The number of hydrogen-bond acceptors (Lipinski definition) is 3. The van der Waals surface area contributed by atoms with Crippen molar-refractivity contribution in [3.05, 3.63) is 90.5 Å². The second-order valence-corrected chi connectivity index (χ2v) is 6.94. The zero-order valence-electron chi connectivity index (χ0n) is 15.1. The van der Waals surface area contributed by atoms with Crippen LogP contribution in [0.5, 0.6) is 0 Å². The molecule has 0 aliphatic carbocycles. The Balaban J connectivity index is 0.000000376. The van der Waals surface area contributed by atoms with Gasteiger partial charge in [-0.1, -0.05) is 78.9 Å². The molecule has 5 heteroatoms. The molecule has 4 aromatic rings. The van der Waals surface area contributed by atoms with Gasteiger partial charge in [0.05, 0.1) is 5.69 Å². The SMILES string of the molecule is CO[PH](=O)O.c1ccc(CNc2c3ccccc3cc3ccccc23)cc1. The van der Waals surface area contributed by atoms with Gasteiger partial charge < -0.3 is 14.7 Å². The Morgan fingerprint density at radius 2 is 1.33 bits per heavy atom. The predicted octanol–water partition coefficient (Wildman–Crippen LogP) is 5.62. The van der Waals surface area contributed by atoms with Crippen molar-refractivity contribution in [3.63, 3.8) is 0 Å². The molecule has 0 aliphatic heterocycles. The number of hydrogen-bond donors (Lipinski definition) is 2. The Kier molecular flexibility index (Phi) is 6.61. The molecule has 0 heterocycles. The third-order valence-electron chi connectivity index (χ3n) is 4.26. The number of benzene rings is 4. The van der Waals surface area contributed by atoms with Crippen LogP contribution in [0.1, 0.15) is 5.56 Å². The van der Waals surface area contributed by atoms with Crippen molar-refractivity contribution in [2.24, 2.45) is 0 Å². The van der Waals surface area contributed by atoms with Gasteiger partial charge in [0.1, 0.15) is 0 Å². The molecule has 0 aliphatic rings. The van der Waals surface area contributed by atoms with Gasteiger partial charge in [0, 0.05) is 24.4 Å². The molecule has 1 unspecified atom stereocenters. The lowest BCUT2D eigenvalue weighted by Gasteiger charge is -2.14. The Bertz CT molecular complexity index is 997. The maximum absolute atomic E-state index is 9.33. The molecule has 0 radical (unpaired) electrons. The zero-order valence-corrected chi connectivity index (χ0v) is 16.1. The quantitative estimate of drug-likeness (QED) is 0.357. The number of rotatable bonds is 4. The summed E-state index contributed by atoms with van der Waals surface area (Å²) in [7, 11) is -1.44. The van der Waals surface area contributed by atoms with E-state index < -0.39 is 8.25 Å². The summed E-state index contributed by atoms with van der Waals surface area (Å²) in [6, 6.07) is 29.9. The Morgan fingerprint density at radius 3 is 1.85 bits per heavy atom. The van der Waals surface area contributed by atoms with Gasteiger partial charge >= 0.3 is 8.25 Å². The van der Waals surface area contributed by atoms with Crippen molar-refractivity contribution in [2.45, 2.75) is 6.54 Å². The first kappa shape index (κ1) is 19.1. The maximum atomic E-state index is 9.33. The van der Waals surface area contributed by atoms with Crippen LogP contribution in [0.25, 0.3) is 21.5 Å². The fraction of sp³-hybridized carbons (Fsp3) is 0.0909. The van der Waals surface area contributed by atoms with Crippen molar-refractivity contribution >= 4 is 35.5 Å². The summed E-state index contributed by atoms with van der Waals surface area (Å²) in [5.41, 5.74) is 2.51. The lowest BCUT2D eigenvalue weighted by molar-refractivity contribution is 0.343. The lowest BCUT2D eigenvalue weighted by atomic mass is 10.0. The summed E-state index contributed by atoms with van der Waals surface area (Å²) in [6.07, 6.45) is 0. The molecule has 2 N–H and O–H groups in total. The van der Waals surface area contributed by atoms with Crippen molar-refractivity contribution in [2.75, 3.05) is 12.4 Å². The summed E-state index contributed by atoms with van der Waals surface area (Å²) in [4.78, 5) is 7.69. The van der Waals surface area contributed by atoms with Gasteiger partial charge in [-0.05, 0) is 22.4 Å². The van der Waals surface area contributed by atoms with Crippen LogP contribution >= 0.6 is 8.25 Å². The van der Waals surface area contributed by atoms with Gasteiger partial charge in [-0.3, -0.25) is 4.57 Å². The van der Waals surface area contributed by atoms with Crippen LogP contribution in [0, 0.1) is 0 Å². The van der Waals surface area contributed by atoms with E-state index in [1.807, 2.05) is 0 Å². The third-order valence-corrected chi connectivity index (χ3v) is 4.61. The van der Waals surface area contributed by atoms with E-state index in [-0.39, 0.29) is 0 Å². The highest BCUT2D eigenvalue weighted by Crippen LogP contribution is 2.33. The van der Waals surface area contributed by atoms with Crippen LogP contribution in [-0.2, 0) is 15.6 Å². The molecule has 4 aromatic carbocycles. The Morgan fingerprint density at radius 1 is 0.852 bits per heavy atom. The van der Waals surface area contributed by atoms with E-state index in [4.69, 9.17) is 4.89 Å². The van der Waals surface area contributed by atoms with E-state index in [0.717, 1.165) is 6.54 Å². The average molecular weight is 379 g/mol. The summed E-state index contributed by atoms with van der Waals surface area (Å²) < 4.78 is 13.2. The Labute approximate surface area is 159 Å². The minimum Gasteiger partial charge on any atom is -0.380 e. The first-order chi connectivity index (χ1) is 13.2. The van der Waals surface area contributed by atoms with Gasteiger partial charge in [0.25, 0.3) is 0 Å². The molecule has 0 bridgehead atoms. The monoisotopic (exact) mass is 379 g/mol. The van der Waals surface area contributed by atoms with Gasteiger partial charge in [-0.2, -0.15) is 0 Å². The molecule has 4 nitrogen and oxygen atoms in total. The molecule has 0 saturated heterocycles. The van der Waals surface area contributed by atoms with E-state index in [9.17, 15) is 4.57 Å². The molecule has 0 spiro atoms. The van der Waals surface area contributed by atoms with Gasteiger partial charge in [0.15, 0.2) is 0 Å². The van der Waals surface area contributed by atoms with Gasteiger partial charge in [-0.25, -0.2) is 0 Å². The van der Waals surface area contributed by atoms with Crippen LogP contribution in [-0.4, -0.2) is 12.0 Å². The molecule has 1 atom stereocenters. The molecule has 27 heavy (non-hydrogen) atoms. The van der Waals surface area contributed by atoms with Crippen LogP contribution in [0.2, 0.25) is 0 Å². The highest BCUT2D eigenvalue weighted by molar-refractivity contribution is 7.32. The second kappa shape index (κ2) is 9.33. The fourth-order valence-corrected chi connectivity index (χ4v) is 2.99. The van der Waals surface area contributed by atoms with E-state index in [0.29, 0.717) is 0 Å². The summed E-state index contributed by atoms with van der Waals surface area (Å²) in [5, 5.41) is 8.75. The van der Waals surface area contributed by atoms with Crippen molar-refractivity contribution in [1.29, 1.82) is 0 Å². The minimum absolute atomic E-state index is 0.832. The topological polar surface area (TPSA) is 58.6 Å². The first-order valence-corrected chi connectivity index (χ1v) is 9.90. The molecule has 0 aromatic heterocycles. The van der Waals surface area contributed by atoms with E-state index in [1.165, 1.54) is 39.9 Å². The summed E-state index contributed by atoms with van der Waals surface area (Å²) >= 11 is 0. The van der Waals surface area contributed by atoms with Crippen molar-refractivity contribution in [3.8, 4) is 0 Å². The van der Waals surface area contributed by atoms with E-state index in [1.54, 1.807) is 0 Å². The van der Waals surface area contributed by atoms with Crippen LogP contribution in [0.4, 0.5) is 5.69 Å². The molecule has 138 valence electrons. The average Bonchev–Trinajstić information content (AvgIpc) is 2.72. The first-order valence-electron chi connectivity index (χ1n) is 8.64. The molecule has 0 fully saturated rings. The standard InChI is InChI=1S/C21H17N.CH5O3P/c1-2-8-16(9-3-1)15-22-21-19-12-6-4-10-17(19)14-18-11-5-7-13-20(18)21;1-4-5(2)3/h1-14,22H,15H2;5H,1H3,(H,2,3). The molecular formula is C22H22NO3P. The van der Waals surface area contributed by atoms with E-state index >= 15 is 0 Å². The van der Waals surface area contributed by atoms with Crippen molar-refractivity contribution in [1.82, 2.24) is 0 Å². The van der Waals surface area contributed by atoms with Crippen LogP contribution in [0.3, 0.4) is 0 Å². The second-order valence-electron chi connectivity index (χ2n) is 6.00. The molecule has 0 saturated carbocycles. The van der Waals surface area contributed by atoms with Crippen LogP contribution in [0.15, 0.2) is 84.9 Å². The molecule has 4 rings (SSSR count). The van der Waals surface area contributed by atoms with Gasteiger partial charge in [-0.15, -0.1) is 0 Å². The van der Waals surface area contributed by atoms with Crippen molar-refractivity contribution < 1.29 is 14.0 Å². The number of fused-ring (bicyclic) bond motifs is 2. The highest BCUT2D eigenvalue weighted by Gasteiger charge is 2.06. The smallest absolute Gasteiger partial charge is 0.316 e. The Hall–Kier alpha value is -2.65. The number of nitrogens with one attached hydrogen (secondary N) is 1. The molecule has 0 amide bonds. The summed E-state index contributed by atoms with van der Waals surface area (Å²) in [5.74, 6) is 0. The lowest BCUT2D eigenvalue weighted by Crippen LogP contribution is -2.00. The maximum Gasteiger partial charge on any atom is 0.316 e. The largest absolute Gasteiger partial charge is 0.380 e. The zero-order chi connectivity index (χ0) is 19.1. The third kappa shape index (κ3) is 4.95. The normalized spacial score (nSPS) is 11.6. The predicted molar refractivity (Wildman–Crippen MR) is 113 cm³/mol. The molecular weight excluding hydrogens is 357 g/mol. The fourth-order valence-electron chi connectivity index (χ4n) is 2.99. The van der Waals surface area contributed by atoms with Crippen LogP contribution < -0.4 is 5.32 Å². The van der Waals surface area contributed by atoms with Gasteiger partial charge in [0.2, 0.25) is 0 Å². The number of anilines is 1. The van der Waals surface area contributed by atoms with E-state index in [2.05, 4.69) is 94.8 Å². The minimum atomic E-state index is -2.62. The highest BCUT2D eigenvalue weighted by atomic mass is 31.1. The summed E-state index contributed by atoms with van der Waals surface area (Å²) in [6.45, 7) is 0.832.